The summed E-state index contributed by atoms with van der Waals surface area (Å²) in [5, 5.41) is 10.4. The van der Waals surface area contributed by atoms with Gasteiger partial charge in [0.25, 0.3) is 0 Å². The Morgan fingerprint density at radius 2 is 1.94 bits per heavy atom. The smallest absolute Gasteiger partial charge is 0.246 e. The average Bonchev–Trinajstić information content (AvgIpc) is 3.03. The molecule has 0 unspecified atom stereocenters. The van der Waals surface area contributed by atoms with Crippen LogP contribution in [0.5, 0.6) is 0 Å². The molecule has 2 saturated heterocycles. The van der Waals surface area contributed by atoms with Crippen molar-refractivity contribution < 1.29 is 19.4 Å². The molecule has 2 aliphatic rings. The van der Waals surface area contributed by atoms with E-state index >= 15 is 0 Å². The fourth-order valence-corrected chi connectivity index (χ4v) is 4.87. The molecule has 2 atom stereocenters. The fraction of sp³-hybridized carbons (Fsp3) is 0.600. The molecule has 7 nitrogen and oxygen atoms in total. The van der Waals surface area contributed by atoms with Crippen molar-refractivity contribution >= 4 is 41.1 Å². The summed E-state index contributed by atoms with van der Waals surface area (Å²) in [7, 11) is 1.71. The lowest BCUT2D eigenvalue weighted by molar-refractivity contribution is -0.130. The van der Waals surface area contributed by atoms with Crippen LogP contribution in [0.2, 0.25) is 10.0 Å². The zero-order chi connectivity index (χ0) is 24.5. The molecule has 0 aromatic heterocycles. The Hall–Kier alpha value is -1.64. The molecule has 0 saturated carbocycles. The quantitative estimate of drug-likeness (QED) is 0.407. The maximum Gasteiger partial charge on any atom is 0.246 e. The number of likely N-dealkylation sites (tertiary alicyclic amines) is 1. The van der Waals surface area contributed by atoms with E-state index in [4.69, 9.17) is 27.9 Å². The van der Waals surface area contributed by atoms with Gasteiger partial charge in [0, 0.05) is 64.9 Å². The zero-order valence-electron chi connectivity index (χ0n) is 19.8. The second-order valence-corrected chi connectivity index (χ2v) is 9.79. The number of amides is 2. The topological polar surface area (TPSA) is 73.3 Å². The van der Waals surface area contributed by atoms with Gasteiger partial charge in [0.15, 0.2) is 0 Å². The van der Waals surface area contributed by atoms with Crippen molar-refractivity contribution in [3.05, 3.63) is 39.9 Å². The first kappa shape index (κ1) is 27.0. The summed E-state index contributed by atoms with van der Waals surface area (Å²) < 4.78 is 5.53. The minimum atomic E-state index is -0.111. The first-order valence-electron chi connectivity index (χ1n) is 12.0. The van der Waals surface area contributed by atoms with Crippen molar-refractivity contribution in [1.29, 1.82) is 0 Å². The van der Waals surface area contributed by atoms with Crippen LogP contribution in [0.25, 0.3) is 6.08 Å². The number of hydrogen-bond acceptors (Lipinski definition) is 5. The minimum absolute atomic E-state index is 0.0835. The Bertz CT molecular complexity index is 867. The van der Waals surface area contributed by atoms with Crippen molar-refractivity contribution in [3.8, 4) is 0 Å². The SMILES string of the molecule is CO[C@@H]1CN(CCCCN2CCN(C(=O)/C=C/c3ccc(Cl)c(Cl)c3)CCC2=O)CC[C@@H]1CO. The highest BCUT2D eigenvalue weighted by Crippen LogP contribution is 2.23. The van der Waals surface area contributed by atoms with Crippen molar-refractivity contribution in [3.63, 3.8) is 0 Å². The van der Waals surface area contributed by atoms with E-state index in [0.717, 1.165) is 44.5 Å². The van der Waals surface area contributed by atoms with Crippen molar-refractivity contribution in [1.82, 2.24) is 14.7 Å². The van der Waals surface area contributed by atoms with Gasteiger partial charge in [-0.1, -0.05) is 29.3 Å². The summed E-state index contributed by atoms with van der Waals surface area (Å²) in [4.78, 5) is 31.2. The van der Waals surface area contributed by atoms with Gasteiger partial charge in [-0.3, -0.25) is 9.59 Å². The van der Waals surface area contributed by atoms with Gasteiger partial charge in [0.1, 0.15) is 0 Å². The number of carbonyl (C=O) groups is 2. The van der Waals surface area contributed by atoms with Gasteiger partial charge >= 0.3 is 0 Å². The Kier molecular flexibility index (Phi) is 10.7. The van der Waals surface area contributed by atoms with Crippen LogP contribution >= 0.6 is 23.2 Å². The summed E-state index contributed by atoms with van der Waals surface area (Å²) in [6.45, 7) is 5.17. The highest BCUT2D eigenvalue weighted by Gasteiger charge is 2.28. The minimum Gasteiger partial charge on any atom is -0.396 e. The first-order chi connectivity index (χ1) is 16.4. The van der Waals surface area contributed by atoms with Crippen LogP contribution in [0.1, 0.15) is 31.2 Å². The molecule has 0 aliphatic carbocycles. The summed E-state index contributed by atoms with van der Waals surface area (Å²) in [5.41, 5.74) is 0.799. The lowest BCUT2D eigenvalue weighted by Gasteiger charge is -2.37. The van der Waals surface area contributed by atoms with Crippen molar-refractivity contribution in [2.75, 3.05) is 59.5 Å². The predicted molar refractivity (Wildman–Crippen MR) is 135 cm³/mol. The third kappa shape index (κ3) is 7.68. The van der Waals surface area contributed by atoms with Crippen LogP contribution in [0.4, 0.5) is 0 Å². The Morgan fingerprint density at radius 3 is 2.68 bits per heavy atom. The van der Waals surface area contributed by atoms with Crippen LogP contribution < -0.4 is 0 Å². The lowest BCUT2D eigenvalue weighted by atomic mass is 9.94. The largest absolute Gasteiger partial charge is 0.396 e. The molecule has 1 aromatic rings. The summed E-state index contributed by atoms with van der Waals surface area (Å²) in [6.07, 6.45) is 6.53. The molecule has 3 rings (SSSR count). The molecule has 0 bridgehead atoms. The van der Waals surface area contributed by atoms with E-state index in [1.807, 2.05) is 4.90 Å². The second-order valence-electron chi connectivity index (χ2n) is 8.98. The number of hydrogen-bond donors (Lipinski definition) is 1. The van der Waals surface area contributed by atoms with Crippen molar-refractivity contribution in [2.45, 2.75) is 31.8 Å². The van der Waals surface area contributed by atoms with E-state index in [1.165, 1.54) is 6.08 Å². The summed E-state index contributed by atoms with van der Waals surface area (Å²) >= 11 is 12.0. The van der Waals surface area contributed by atoms with Gasteiger partial charge < -0.3 is 24.5 Å². The van der Waals surface area contributed by atoms with E-state index in [1.54, 1.807) is 36.3 Å². The molecule has 2 heterocycles. The van der Waals surface area contributed by atoms with E-state index in [0.29, 0.717) is 42.6 Å². The number of halogens is 2. The van der Waals surface area contributed by atoms with E-state index < -0.39 is 0 Å². The average molecular weight is 512 g/mol. The van der Waals surface area contributed by atoms with Crippen LogP contribution in [-0.2, 0) is 14.3 Å². The molecular formula is C25H35Cl2N3O4. The number of rotatable bonds is 9. The molecule has 2 fully saturated rings. The van der Waals surface area contributed by atoms with Crippen LogP contribution in [-0.4, -0.2) is 97.3 Å². The van der Waals surface area contributed by atoms with Crippen LogP contribution in [0.3, 0.4) is 0 Å². The highest BCUT2D eigenvalue weighted by molar-refractivity contribution is 6.42. The number of aliphatic hydroxyl groups excluding tert-OH is 1. The van der Waals surface area contributed by atoms with Gasteiger partial charge in [0.2, 0.25) is 11.8 Å². The fourth-order valence-electron chi connectivity index (χ4n) is 4.56. The van der Waals surface area contributed by atoms with Crippen LogP contribution in [0, 0.1) is 5.92 Å². The summed E-state index contributed by atoms with van der Waals surface area (Å²) in [5.74, 6) is 0.215. The molecule has 9 heteroatoms. The zero-order valence-corrected chi connectivity index (χ0v) is 21.3. The number of piperidine rings is 1. The summed E-state index contributed by atoms with van der Waals surface area (Å²) in [6, 6.07) is 5.21. The molecule has 188 valence electrons. The van der Waals surface area contributed by atoms with E-state index in [9.17, 15) is 14.7 Å². The van der Waals surface area contributed by atoms with Gasteiger partial charge in [0.05, 0.1) is 16.1 Å². The molecule has 34 heavy (non-hydrogen) atoms. The Morgan fingerprint density at radius 1 is 1.15 bits per heavy atom. The number of carbonyl (C=O) groups excluding carboxylic acids is 2. The van der Waals surface area contributed by atoms with Gasteiger partial charge in [-0.2, -0.15) is 0 Å². The monoisotopic (exact) mass is 511 g/mol. The number of aliphatic hydroxyl groups is 1. The second kappa shape index (κ2) is 13.4. The third-order valence-corrected chi connectivity index (χ3v) is 7.47. The number of methoxy groups -OCH3 is 1. The molecule has 0 spiro atoms. The predicted octanol–water partition coefficient (Wildman–Crippen LogP) is 3.18. The third-order valence-electron chi connectivity index (χ3n) is 6.73. The maximum atomic E-state index is 12.6. The molecule has 2 amide bonds. The lowest BCUT2D eigenvalue weighted by Crippen LogP contribution is -2.46. The molecule has 1 N–H and O–H groups in total. The Balaban J connectivity index is 1.40. The number of benzene rings is 1. The number of unbranched alkanes of at least 4 members (excludes halogenated alkanes) is 1. The molecule has 0 radical (unpaired) electrons. The Labute approximate surface area is 212 Å². The molecule has 1 aromatic carbocycles. The standard InChI is InChI=1S/C25H35Cl2N3O4/c1-34-23-17-28(12-8-20(23)18-31)10-2-3-11-29-14-15-30(13-9-25(29)33)24(32)7-5-19-4-6-21(26)22(27)16-19/h4-7,16,20,23,31H,2-3,8-15,17-18H2,1H3/b7-5+/t20-,23-/m1/s1. The van der Waals surface area contributed by atoms with Crippen molar-refractivity contribution in [2.24, 2.45) is 5.92 Å². The van der Waals surface area contributed by atoms with Gasteiger partial charge in [-0.05, 0) is 56.1 Å². The molecular weight excluding hydrogens is 477 g/mol. The maximum absolute atomic E-state index is 12.6. The normalized spacial score (nSPS) is 22.4. The highest BCUT2D eigenvalue weighted by atomic mass is 35.5. The van der Waals surface area contributed by atoms with E-state index in [-0.39, 0.29) is 30.4 Å². The van der Waals surface area contributed by atoms with Gasteiger partial charge in [-0.25, -0.2) is 0 Å². The van der Waals surface area contributed by atoms with Crippen LogP contribution in [0.15, 0.2) is 24.3 Å². The van der Waals surface area contributed by atoms with E-state index in [2.05, 4.69) is 4.90 Å². The molecule has 2 aliphatic heterocycles. The number of nitrogens with zero attached hydrogens (tertiary/aromatic N) is 3. The first-order valence-corrected chi connectivity index (χ1v) is 12.7. The van der Waals surface area contributed by atoms with Gasteiger partial charge in [-0.15, -0.1) is 0 Å². The number of ether oxygens (including phenoxy) is 1.